The van der Waals surface area contributed by atoms with E-state index in [1.165, 1.54) is 6.92 Å². The molecule has 3 N–H and O–H groups in total. The molecule has 1 aromatic rings. The van der Waals surface area contributed by atoms with Gasteiger partial charge in [0, 0.05) is 11.3 Å². The van der Waals surface area contributed by atoms with E-state index < -0.39 is 11.5 Å². The summed E-state index contributed by atoms with van der Waals surface area (Å²) in [6.45, 7) is 5.16. The number of nitrogens with one attached hydrogen (secondary N) is 2. The van der Waals surface area contributed by atoms with E-state index in [9.17, 15) is 14.4 Å². The van der Waals surface area contributed by atoms with E-state index in [1.54, 1.807) is 6.92 Å². The number of rotatable bonds is 6. The first kappa shape index (κ1) is 17.2. The minimum absolute atomic E-state index is 0.0700. The molecule has 1 saturated carbocycles. The van der Waals surface area contributed by atoms with Gasteiger partial charge in [-0.3, -0.25) is 14.4 Å². The summed E-state index contributed by atoms with van der Waals surface area (Å²) >= 11 is 0. The number of carbonyl (C=O) groups excluding carboxylic acids is 2. The number of aromatic amines is 1. The van der Waals surface area contributed by atoms with Crippen LogP contribution in [0.15, 0.2) is 0 Å². The van der Waals surface area contributed by atoms with Crippen LogP contribution in [0, 0.1) is 6.92 Å². The van der Waals surface area contributed by atoms with Crippen molar-refractivity contribution in [2.24, 2.45) is 0 Å². The zero-order chi connectivity index (χ0) is 17.2. The quantitative estimate of drug-likeness (QED) is 0.701. The van der Waals surface area contributed by atoms with Gasteiger partial charge in [0.2, 0.25) is 0 Å². The summed E-state index contributed by atoms with van der Waals surface area (Å²) in [5.74, 6) is -1.30. The summed E-state index contributed by atoms with van der Waals surface area (Å²) < 4.78 is 0. The molecule has 2 rings (SSSR count). The Balaban J connectivity index is 2.31. The lowest BCUT2D eigenvalue weighted by Crippen LogP contribution is -2.48. The van der Waals surface area contributed by atoms with E-state index in [0.717, 1.165) is 12.8 Å². The highest BCUT2D eigenvalue weighted by atomic mass is 16.4. The molecule has 126 valence electrons. The third-order valence-electron chi connectivity index (χ3n) is 4.65. The number of carboxylic acids is 1. The van der Waals surface area contributed by atoms with Gasteiger partial charge in [-0.1, -0.05) is 19.8 Å². The molecule has 0 radical (unpaired) electrons. The number of ketones is 1. The molecule has 6 heteroatoms. The van der Waals surface area contributed by atoms with E-state index in [1.807, 2.05) is 6.92 Å². The second kappa shape index (κ2) is 6.56. The van der Waals surface area contributed by atoms with Gasteiger partial charge in [0.25, 0.3) is 5.91 Å². The fraction of sp³-hybridized carbons (Fsp3) is 0.588. The Morgan fingerprint density at radius 1 is 1.26 bits per heavy atom. The van der Waals surface area contributed by atoms with Gasteiger partial charge in [0.05, 0.1) is 12.0 Å². The number of aliphatic carboxylic acids is 1. The molecule has 0 atom stereocenters. The first-order valence-electron chi connectivity index (χ1n) is 8.06. The maximum atomic E-state index is 12.7. The summed E-state index contributed by atoms with van der Waals surface area (Å²) in [7, 11) is 0. The maximum Gasteiger partial charge on any atom is 0.305 e. The molecular formula is C17H24N2O4. The topological polar surface area (TPSA) is 99.3 Å². The zero-order valence-corrected chi connectivity index (χ0v) is 13.9. The summed E-state index contributed by atoms with van der Waals surface area (Å²) in [4.78, 5) is 38.7. The van der Waals surface area contributed by atoms with Crippen LogP contribution in [0.3, 0.4) is 0 Å². The number of hydrogen-bond acceptors (Lipinski definition) is 3. The number of carboxylic acid groups (broad SMARTS) is 1. The molecule has 0 spiro atoms. The van der Waals surface area contributed by atoms with Crippen LogP contribution in [0.2, 0.25) is 0 Å². The number of amides is 1. The van der Waals surface area contributed by atoms with Crippen molar-refractivity contribution in [2.45, 2.75) is 64.8 Å². The summed E-state index contributed by atoms with van der Waals surface area (Å²) in [5, 5.41) is 12.1. The average Bonchev–Trinajstić information content (AvgIpc) is 3.02. The van der Waals surface area contributed by atoms with Crippen LogP contribution in [-0.4, -0.2) is 33.3 Å². The van der Waals surface area contributed by atoms with Crippen LogP contribution < -0.4 is 5.32 Å². The van der Waals surface area contributed by atoms with E-state index in [4.69, 9.17) is 5.11 Å². The number of hydrogen-bond donors (Lipinski definition) is 3. The monoisotopic (exact) mass is 320 g/mol. The Labute approximate surface area is 135 Å². The van der Waals surface area contributed by atoms with Gasteiger partial charge in [0.1, 0.15) is 5.69 Å². The standard InChI is InChI=1S/C17H24N2O4/c1-4-12-14(11(3)20)10(2)18-15(12)16(23)19-17(9-13(21)22)7-5-6-8-17/h18H,4-9H2,1-3H3,(H,19,23)(H,21,22). The number of H-pyrrole nitrogens is 1. The van der Waals surface area contributed by atoms with Crippen LogP contribution in [0.5, 0.6) is 0 Å². The van der Waals surface area contributed by atoms with E-state index in [2.05, 4.69) is 10.3 Å². The number of aryl methyl sites for hydroxylation is 1. The predicted molar refractivity (Wildman–Crippen MR) is 85.8 cm³/mol. The number of aromatic nitrogens is 1. The molecule has 1 aliphatic carbocycles. The number of carbonyl (C=O) groups is 3. The molecule has 1 aliphatic rings. The van der Waals surface area contributed by atoms with Gasteiger partial charge in [-0.2, -0.15) is 0 Å². The first-order chi connectivity index (χ1) is 10.8. The minimum atomic E-state index is -0.907. The van der Waals surface area contributed by atoms with Gasteiger partial charge >= 0.3 is 5.97 Å². The highest BCUT2D eigenvalue weighted by Gasteiger charge is 2.38. The molecule has 1 amide bonds. The molecule has 0 aliphatic heterocycles. The largest absolute Gasteiger partial charge is 0.481 e. The molecule has 1 fully saturated rings. The van der Waals surface area contributed by atoms with E-state index in [-0.39, 0.29) is 18.1 Å². The van der Waals surface area contributed by atoms with Crippen molar-refractivity contribution >= 4 is 17.7 Å². The maximum absolute atomic E-state index is 12.7. The highest BCUT2D eigenvalue weighted by Crippen LogP contribution is 2.33. The van der Waals surface area contributed by atoms with Gasteiger partial charge in [-0.25, -0.2) is 0 Å². The van der Waals surface area contributed by atoms with Crippen molar-refractivity contribution < 1.29 is 19.5 Å². The van der Waals surface area contributed by atoms with Crippen LogP contribution in [0.25, 0.3) is 0 Å². The smallest absolute Gasteiger partial charge is 0.305 e. The van der Waals surface area contributed by atoms with E-state index in [0.29, 0.717) is 41.8 Å². The molecule has 0 bridgehead atoms. The molecule has 6 nitrogen and oxygen atoms in total. The van der Waals surface area contributed by atoms with Crippen LogP contribution in [0.1, 0.15) is 78.1 Å². The Bertz CT molecular complexity index is 639. The fourth-order valence-corrected chi connectivity index (χ4v) is 3.69. The van der Waals surface area contributed by atoms with Crippen LogP contribution >= 0.6 is 0 Å². The summed E-state index contributed by atoms with van der Waals surface area (Å²) in [5.41, 5.74) is 1.65. The Morgan fingerprint density at radius 2 is 1.87 bits per heavy atom. The SMILES string of the molecule is CCc1c(C(=O)NC2(CC(=O)O)CCCC2)[nH]c(C)c1C(C)=O. The predicted octanol–water partition coefficient (Wildman–Crippen LogP) is 2.61. The lowest BCUT2D eigenvalue weighted by molar-refractivity contribution is -0.138. The first-order valence-corrected chi connectivity index (χ1v) is 8.06. The van der Waals surface area contributed by atoms with Gasteiger partial charge < -0.3 is 15.4 Å². The van der Waals surface area contributed by atoms with Gasteiger partial charge in [0.15, 0.2) is 5.78 Å². The van der Waals surface area contributed by atoms with Crippen LogP contribution in [0.4, 0.5) is 0 Å². The van der Waals surface area contributed by atoms with E-state index >= 15 is 0 Å². The third kappa shape index (κ3) is 3.46. The Hall–Kier alpha value is -2.11. The highest BCUT2D eigenvalue weighted by molar-refractivity contribution is 6.03. The second-order valence-corrected chi connectivity index (χ2v) is 6.40. The summed E-state index contributed by atoms with van der Waals surface area (Å²) in [6, 6.07) is 0. The summed E-state index contributed by atoms with van der Waals surface area (Å²) in [6.07, 6.45) is 3.66. The van der Waals surface area contributed by atoms with Crippen molar-refractivity contribution in [3.63, 3.8) is 0 Å². The number of Topliss-reactive ketones (excluding diaryl/α,β-unsaturated/α-hetero) is 1. The molecule has 0 saturated heterocycles. The average molecular weight is 320 g/mol. The molecule has 1 heterocycles. The van der Waals surface area contributed by atoms with Crippen molar-refractivity contribution in [1.82, 2.24) is 10.3 Å². The lowest BCUT2D eigenvalue weighted by atomic mass is 9.92. The van der Waals surface area contributed by atoms with Crippen LogP contribution in [-0.2, 0) is 11.2 Å². The van der Waals surface area contributed by atoms with Crippen molar-refractivity contribution in [3.05, 3.63) is 22.5 Å². The molecule has 1 aromatic heterocycles. The molecule has 0 aromatic carbocycles. The fourth-order valence-electron chi connectivity index (χ4n) is 3.69. The van der Waals surface area contributed by atoms with Gasteiger partial charge in [-0.15, -0.1) is 0 Å². The zero-order valence-electron chi connectivity index (χ0n) is 13.9. The Kier molecular flexibility index (Phi) is 4.92. The van der Waals surface area contributed by atoms with Crippen molar-refractivity contribution in [3.8, 4) is 0 Å². The second-order valence-electron chi connectivity index (χ2n) is 6.40. The normalized spacial score (nSPS) is 16.3. The lowest BCUT2D eigenvalue weighted by Gasteiger charge is -2.28. The van der Waals surface area contributed by atoms with Crippen molar-refractivity contribution in [2.75, 3.05) is 0 Å². The molecule has 0 unspecified atom stereocenters. The minimum Gasteiger partial charge on any atom is -0.481 e. The van der Waals surface area contributed by atoms with Crippen molar-refractivity contribution in [1.29, 1.82) is 0 Å². The Morgan fingerprint density at radius 3 is 2.35 bits per heavy atom. The molecule has 23 heavy (non-hydrogen) atoms. The molecular weight excluding hydrogens is 296 g/mol. The van der Waals surface area contributed by atoms with Gasteiger partial charge in [-0.05, 0) is 38.7 Å². The third-order valence-corrected chi connectivity index (χ3v) is 4.65.